The van der Waals surface area contributed by atoms with Crippen LogP contribution in [0.2, 0.25) is 0 Å². The molecule has 0 saturated carbocycles. The first-order valence-electron chi connectivity index (χ1n) is 6.52. The van der Waals surface area contributed by atoms with Gasteiger partial charge in [-0.25, -0.2) is 9.98 Å². The summed E-state index contributed by atoms with van der Waals surface area (Å²) in [7, 11) is 1.60. The van der Waals surface area contributed by atoms with Crippen LogP contribution in [-0.2, 0) is 0 Å². The number of anilines is 1. The zero-order chi connectivity index (χ0) is 13.8. The summed E-state index contributed by atoms with van der Waals surface area (Å²) in [4.78, 5) is 8.70. The standard InChI is InChI=1S/C15H16N4O/c1-20-15-8-7-12(11-16-15)17-14-9-10-19(18-14)13-5-3-2-4-6-13/h2-8,11H,9-10H2,1H3,(H,17,18). The SMILES string of the molecule is COc1ccc(N=C2CCN(c3ccccc3)N2)cn1. The Bertz CT molecular complexity index is 595. The van der Waals surface area contributed by atoms with Crippen molar-refractivity contribution in [1.82, 2.24) is 10.4 Å². The lowest BCUT2D eigenvalue weighted by Crippen LogP contribution is -2.32. The van der Waals surface area contributed by atoms with Crippen LogP contribution < -0.4 is 15.2 Å². The highest BCUT2D eigenvalue weighted by atomic mass is 16.5. The third-order valence-electron chi connectivity index (χ3n) is 3.10. The van der Waals surface area contributed by atoms with Gasteiger partial charge in [-0.2, -0.15) is 0 Å². The molecule has 1 saturated heterocycles. The van der Waals surface area contributed by atoms with Crippen molar-refractivity contribution in [2.75, 3.05) is 18.7 Å². The first-order chi connectivity index (χ1) is 9.85. The van der Waals surface area contributed by atoms with E-state index in [1.54, 1.807) is 13.3 Å². The van der Waals surface area contributed by atoms with E-state index in [0.717, 1.165) is 30.2 Å². The van der Waals surface area contributed by atoms with Gasteiger partial charge in [-0.1, -0.05) is 18.2 Å². The molecule has 0 aliphatic carbocycles. The van der Waals surface area contributed by atoms with Crippen molar-refractivity contribution < 1.29 is 4.74 Å². The topological polar surface area (TPSA) is 49.8 Å². The van der Waals surface area contributed by atoms with Gasteiger partial charge in [0.2, 0.25) is 5.88 Å². The molecule has 0 bridgehead atoms. The highest BCUT2D eigenvalue weighted by molar-refractivity contribution is 5.89. The Balaban J connectivity index is 1.71. The number of amidine groups is 1. The van der Waals surface area contributed by atoms with E-state index in [0.29, 0.717) is 5.88 Å². The number of methoxy groups -OCH3 is 1. The Morgan fingerprint density at radius 3 is 2.75 bits per heavy atom. The first kappa shape index (κ1) is 12.5. The summed E-state index contributed by atoms with van der Waals surface area (Å²) in [5.41, 5.74) is 5.28. The van der Waals surface area contributed by atoms with Gasteiger partial charge in [0.05, 0.1) is 24.7 Å². The van der Waals surface area contributed by atoms with Crippen LogP contribution in [-0.4, -0.2) is 24.5 Å². The number of pyridine rings is 1. The fourth-order valence-electron chi connectivity index (χ4n) is 2.08. The zero-order valence-corrected chi connectivity index (χ0v) is 11.3. The molecule has 1 fully saturated rings. The van der Waals surface area contributed by atoms with Gasteiger partial charge < -0.3 is 4.74 Å². The lowest BCUT2D eigenvalue weighted by molar-refractivity contribution is 0.398. The minimum absolute atomic E-state index is 0.597. The van der Waals surface area contributed by atoms with Crippen LogP contribution in [0.5, 0.6) is 5.88 Å². The molecule has 102 valence electrons. The van der Waals surface area contributed by atoms with Crippen molar-refractivity contribution in [3.63, 3.8) is 0 Å². The highest BCUT2D eigenvalue weighted by Gasteiger charge is 2.17. The van der Waals surface area contributed by atoms with Crippen molar-refractivity contribution >= 4 is 17.2 Å². The van der Waals surface area contributed by atoms with Gasteiger partial charge in [-0.05, 0) is 18.2 Å². The summed E-state index contributed by atoms with van der Waals surface area (Å²) in [5, 5.41) is 2.09. The van der Waals surface area contributed by atoms with Gasteiger partial charge in [0, 0.05) is 19.0 Å². The van der Waals surface area contributed by atoms with Crippen LogP contribution in [0.3, 0.4) is 0 Å². The van der Waals surface area contributed by atoms with Crippen LogP contribution in [0.25, 0.3) is 0 Å². The van der Waals surface area contributed by atoms with E-state index in [1.165, 1.54) is 0 Å². The maximum Gasteiger partial charge on any atom is 0.213 e. The molecule has 0 spiro atoms. The molecule has 2 aromatic rings. The minimum atomic E-state index is 0.597. The number of benzene rings is 1. The largest absolute Gasteiger partial charge is 0.481 e. The van der Waals surface area contributed by atoms with E-state index in [2.05, 4.69) is 32.5 Å². The predicted molar refractivity (Wildman–Crippen MR) is 79.4 cm³/mol. The Hall–Kier alpha value is -2.56. The summed E-state index contributed by atoms with van der Waals surface area (Å²) < 4.78 is 5.03. The van der Waals surface area contributed by atoms with Gasteiger partial charge in [0.15, 0.2) is 0 Å². The molecule has 1 aliphatic rings. The fraction of sp³-hybridized carbons (Fsp3) is 0.200. The monoisotopic (exact) mass is 268 g/mol. The van der Waals surface area contributed by atoms with Crippen molar-refractivity contribution in [2.24, 2.45) is 4.99 Å². The second-order valence-corrected chi connectivity index (χ2v) is 4.47. The van der Waals surface area contributed by atoms with E-state index in [9.17, 15) is 0 Å². The van der Waals surface area contributed by atoms with Crippen molar-refractivity contribution in [3.8, 4) is 5.88 Å². The van der Waals surface area contributed by atoms with Crippen LogP contribution in [0.1, 0.15) is 6.42 Å². The maximum absolute atomic E-state index is 5.03. The number of ether oxygens (including phenoxy) is 1. The zero-order valence-electron chi connectivity index (χ0n) is 11.3. The number of rotatable bonds is 3. The molecule has 0 unspecified atom stereocenters. The molecule has 0 radical (unpaired) electrons. The number of aromatic nitrogens is 1. The number of hydrogen-bond donors (Lipinski definition) is 1. The lowest BCUT2D eigenvalue weighted by Gasteiger charge is -2.17. The number of hydrogen-bond acceptors (Lipinski definition) is 4. The van der Waals surface area contributed by atoms with Crippen molar-refractivity contribution in [3.05, 3.63) is 48.7 Å². The third kappa shape index (κ3) is 2.71. The van der Waals surface area contributed by atoms with Crippen LogP contribution in [0.15, 0.2) is 53.7 Å². The molecule has 3 rings (SSSR count). The maximum atomic E-state index is 5.03. The van der Waals surface area contributed by atoms with Crippen molar-refractivity contribution in [1.29, 1.82) is 0 Å². The lowest BCUT2D eigenvalue weighted by atomic mass is 10.3. The van der Waals surface area contributed by atoms with Crippen LogP contribution >= 0.6 is 0 Å². The molecule has 5 nitrogen and oxygen atoms in total. The molecule has 20 heavy (non-hydrogen) atoms. The Kier molecular flexibility index (Phi) is 3.50. The molecular formula is C15H16N4O. The Morgan fingerprint density at radius 2 is 2.05 bits per heavy atom. The second-order valence-electron chi connectivity index (χ2n) is 4.47. The highest BCUT2D eigenvalue weighted by Crippen LogP contribution is 2.18. The van der Waals surface area contributed by atoms with Gasteiger partial charge in [-0.3, -0.25) is 10.4 Å². The Morgan fingerprint density at radius 1 is 1.20 bits per heavy atom. The smallest absolute Gasteiger partial charge is 0.213 e. The van der Waals surface area contributed by atoms with Crippen LogP contribution in [0, 0.1) is 0 Å². The molecular weight excluding hydrogens is 252 g/mol. The van der Waals surface area contributed by atoms with E-state index < -0.39 is 0 Å². The summed E-state index contributed by atoms with van der Waals surface area (Å²) >= 11 is 0. The van der Waals surface area contributed by atoms with Crippen LogP contribution in [0.4, 0.5) is 11.4 Å². The molecule has 0 amide bonds. The average molecular weight is 268 g/mol. The summed E-state index contributed by atoms with van der Waals surface area (Å²) in [6.07, 6.45) is 2.60. The molecule has 0 atom stereocenters. The van der Waals surface area contributed by atoms with E-state index in [-0.39, 0.29) is 0 Å². The molecule has 1 aromatic heterocycles. The van der Waals surface area contributed by atoms with Gasteiger partial charge in [0.25, 0.3) is 0 Å². The first-order valence-corrected chi connectivity index (χ1v) is 6.52. The van der Waals surface area contributed by atoms with Crippen molar-refractivity contribution in [2.45, 2.75) is 6.42 Å². The fourth-order valence-corrected chi connectivity index (χ4v) is 2.08. The average Bonchev–Trinajstić information content (AvgIpc) is 2.97. The Labute approximate surface area is 117 Å². The van der Waals surface area contributed by atoms with Gasteiger partial charge in [0.1, 0.15) is 5.84 Å². The van der Waals surface area contributed by atoms with E-state index in [1.807, 2.05) is 30.3 Å². The molecule has 1 aliphatic heterocycles. The number of hydrazine groups is 1. The second kappa shape index (κ2) is 5.61. The number of nitrogens with zero attached hydrogens (tertiary/aromatic N) is 3. The summed E-state index contributed by atoms with van der Waals surface area (Å²) in [6, 6.07) is 13.9. The van der Waals surface area contributed by atoms with E-state index >= 15 is 0 Å². The molecule has 5 heteroatoms. The minimum Gasteiger partial charge on any atom is -0.481 e. The number of aliphatic imine (C=N–C) groups is 1. The van der Waals surface area contributed by atoms with E-state index in [4.69, 9.17) is 4.74 Å². The molecule has 1 N–H and O–H groups in total. The van der Waals surface area contributed by atoms with Gasteiger partial charge >= 0.3 is 0 Å². The van der Waals surface area contributed by atoms with Gasteiger partial charge in [-0.15, -0.1) is 0 Å². The predicted octanol–water partition coefficient (Wildman–Crippen LogP) is 2.54. The summed E-state index contributed by atoms with van der Waals surface area (Å²) in [6.45, 7) is 0.909. The number of nitrogens with one attached hydrogen (secondary N) is 1. The number of para-hydroxylation sites is 1. The molecule has 1 aromatic carbocycles. The summed E-state index contributed by atoms with van der Waals surface area (Å²) in [5.74, 6) is 1.54. The quantitative estimate of drug-likeness (QED) is 0.929. The third-order valence-corrected chi connectivity index (χ3v) is 3.10. The molecule has 2 heterocycles. The normalized spacial score (nSPS) is 16.2.